The third-order valence-electron chi connectivity index (χ3n) is 2.62. The highest BCUT2D eigenvalue weighted by atomic mass is 19.1. The van der Waals surface area contributed by atoms with Gasteiger partial charge in [-0.2, -0.15) is 0 Å². The van der Waals surface area contributed by atoms with Crippen LogP contribution in [0.1, 0.15) is 10.4 Å². The van der Waals surface area contributed by atoms with Gasteiger partial charge in [-0.1, -0.05) is 18.2 Å². The predicted molar refractivity (Wildman–Crippen MR) is 65.3 cm³/mol. The van der Waals surface area contributed by atoms with E-state index in [4.69, 9.17) is 9.84 Å². The largest absolute Gasteiger partial charge is 0.497 e. The molecule has 0 spiro atoms. The molecule has 2 aromatic rings. The Labute approximate surface area is 103 Å². The Kier molecular flexibility index (Phi) is 3.28. The molecule has 92 valence electrons. The average molecular weight is 246 g/mol. The standard InChI is InChI=1S/C14H11FO3/c1-18-11-5-2-9(3-6-11)10-4-7-12(14(16)17)13(15)8-10/h2-8H,1H3,(H,16,17). The molecule has 0 aromatic heterocycles. The van der Waals surface area contributed by atoms with Crippen LogP contribution in [0.4, 0.5) is 4.39 Å². The highest BCUT2D eigenvalue weighted by Gasteiger charge is 2.10. The number of aromatic carboxylic acids is 1. The van der Waals surface area contributed by atoms with Crippen LogP contribution in [0.15, 0.2) is 42.5 Å². The van der Waals surface area contributed by atoms with Crippen molar-refractivity contribution in [2.24, 2.45) is 0 Å². The molecule has 0 heterocycles. The minimum Gasteiger partial charge on any atom is -0.497 e. The Morgan fingerprint density at radius 3 is 2.22 bits per heavy atom. The normalized spacial score (nSPS) is 10.1. The molecule has 0 saturated carbocycles. The smallest absolute Gasteiger partial charge is 0.338 e. The SMILES string of the molecule is COc1ccc(-c2ccc(C(=O)O)c(F)c2)cc1. The molecule has 0 aliphatic carbocycles. The van der Waals surface area contributed by atoms with Gasteiger partial charge in [0.1, 0.15) is 11.6 Å². The van der Waals surface area contributed by atoms with Crippen molar-refractivity contribution in [3.8, 4) is 16.9 Å². The van der Waals surface area contributed by atoms with Crippen molar-refractivity contribution in [1.82, 2.24) is 0 Å². The number of carboxylic acid groups (broad SMARTS) is 1. The second kappa shape index (κ2) is 4.87. The number of rotatable bonds is 3. The maximum atomic E-state index is 13.5. The highest BCUT2D eigenvalue weighted by Crippen LogP contribution is 2.24. The van der Waals surface area contributed by atoms with Crippen LogP contribution >= 0.6 is 0 Å². The molecule has 0 atom stereocenters. The van der Waals surface area contributed by atoms with E-state index in [1.54, 1.807) is 37.4 Å². The number of methoxy groups -OCH3 is 1. The topological polar surface area (TPSA) is 46.5 Å². The molecular weight excluding hydrogens is 235 g/mol. The van der Waals surface area contributed by atoms with Gasteiger partial charge < -0.3 is 9.84 Å². The van der Waals surface area contributed by atoms with E-state index < -0.39 is 11.8 Å². The summed E-state index contributed by atoms with van der Waals surface area (Å²) in [6, 6.07) is 11.1. The molecule has 0 aliphatic rings. The first kappa shape index (κ1) is 12.1. The van der Waals surface area contributed by atoms with Gasteiger partial charge in [-0.25, -0.2) is 9.18 Å². The Balaban J connectivity index is 2.39. The van der Waals surface area contributed by atoms with E-state index >= 15 is 0 Å². The minimum atomic E-state index is -1.27. The lowest BCUT2D eigenvalue weighted by atomic mass is 10.0. The second-order valence-corrected chi connectivity index (χ2v) is 3.73. The van der Waals surface area contributed by atoms with Crippen LogP contribution in [0.5, 0.6) is 5.75 Å². The van der Waals surface area contributed by atoms with Crippen molar-refractivity contribution in [3.63, 3.8) is 0 Å². The van der Waals surface area contributed by atoms with Gasteiger partial charge in [-0.15, -0.1) is 0 Å². The van der Waals surface area contributed by atoms with Gasteiger partial charge >= 0.3 is 5.97 Å². The summed E-state index contributed by atoms with van der Waals surface area (Å²) in [6.07, 6.45) is 0. The van der Waals surface area contributed by atoms with Crippen molar-refractivity contribution in [3.05, 3.63) is 53.8 Å². The summed E-state index contributed by atoms with van der Waals surface area (Å²) in [4.78, 5) is 10.7. The first-order chi connectivity index (χ1) is 8.61. The Morgan fingerprint density at radius 2 is 1.72 bits per heavy atom. The van der Waals surface area contributed by atoms with Crippen LogP contribution in [0.2, 0.25) is 0 Å². The second-order valence-electron chi connectivity index (χ2n) is 3.73. The zero-order valence-corrected chi connectivity index (χ0v) is 9.68. The third-order valence-corrected chi connectivity index (χ3v) is 2.62. The van der Waals surface area contributed by atoms with E-state index in [0.29, 0.717) is 11.3 Å². The molecule has 3 nitrogen and oxygen atoms in total. The number of ether oxygens (including phenoxy) is 1. The molecule has 0 aliphatic heterocycles. The maximum Gasteiger partial charge on any atom is 0.338 e. The van der Waals surface area contributed by atoms with Crippen LogP contribution in [-0.4, -0.2) is 18.2 Å². The van der Waals surface area contributed by atoms with E-state index in [1.165, 1.54) is 12.1 Å². The number of hydrogen-bond donors (Lipinski definition) is 1. The summed E-state index contributed by atoms with van der Waals surface area (Å²) in [6.45, 7) is 0. The Morgan fingerprint density at radius 1 is 1.11 bits per heavy atom. The lowest BCUT2D eigenvalue weighted by molar-refractivity contribution is 0.0692. The fraction of sp³-hybridized carbons (Fsp3) is 0.0714. The molecule has 0 bridgehead atoms. The summed E-state index contributed by atoms with van der Waals surface area (Å²) in [5, 5.41) is 8.74. The first-order valence-corrected chi connectivity index (χ1v) is 5.29. The monoisotopic (exact) mass is 246 g/mol. The van der Waals surface area contributed by atoms with E-state index in [-0.39, 0.29) is 5.56 Å². The van der Waals surface area contributed by atoms with Crippen molar-refractivity contribution in [1.29, 1.82) is 0 Å². The maximum absolute atomic E-state index is 13.5. The van der Waals surface area contributed by atoms with Gasteiger partial charge in [0.2, 0.25) is 0 Å². The fourth-order valence-corrected chi connectivity index (χ4v) is 1.65. The number of hydrogen-bond acceptors (Lipinski definition) is 2. The fourth-order valence-electron chi connectivity index (χ4n) is 1.65. The minimum absolute atomic E-state index is 0.327. The van der Waals surface area contributed by atoms with Crippen molar-refractivity contribution in [2.75, 3.05) is 7.11 Å². The molecule has 18 heavy (non-hydrogen) atoms. The lowest BCUT2D eigenvalue weighted by Crippen LogP contribution is -2.00. The molecule has 1 N–H and O–H groups in total. The molecular formula is C14H11FO3. The molecule has 2 aromatic carbocycles. The summed E-state index contributed by atoms with van der Waals surface area (Å²) in [7, 11) is 1.57. The van der Waals surface area contributed by atoms with Crippen LogP contribution in [0, 0.1) is 5.82 Å². The van der Waals surface area contributed by atoms with Crippen LogP contribution < -0.4 is 4.74 Å². The van der Waals surface area contributed by atoms with Crippen molar-refractivity contribution < 1.29 is 19.0 Å². The number of carbonyl (C=O) groups is 1. The van der Waals surface area contributed by atoms with Crippen LogP contribution in [-0.2, 0) is 0 Å². The van der Waals surface area contributed by atoms with Gasteiger partial charge in [-0.05, 0) is 35.4 Å². The van der Waals surface area contributed by atoms with E-state index in [1.807, 2.05) is 0 Å². The van der Waals surface area contributed by atoms with E-state index in [2.05, 4.69) is 0 Å². The molecule has 4 heteroatoms. The van der Waals surface area contributed by atoms with Crippen LogP contribution in [0.3, 0.4) is 0 Å². The molecule has 0 radical (unpaired) electrons. The van der Waals surface area contributed by atoms with Crippen molar-refractivity contribution in [2.45, 2.75) is 0 Å². The van der Waals surface area contributed by atoms with Crippen LogP contribution in [0.25, 0.3) is 11.1 Å². The number of benzene rings is 2. The zero-order valence-electron chi connectivity index (χ0n) is 9.68. The van der Waals surface area contributed by atoms with Gasteiger partial charge in [0, 0.05) is 0 Å². The zero-order chi connectivity index (χ0) is 13.1. The van der Waals surface area contributed by atoms with E-state index in [0.717, 1.165) is 5.56 Å². The summed E-state index contributed by atoms with van der Waals surface area (Å²) in [5.74, 6) is -1.30. The molecule has 0 saturated heterocycles. The number of halogens is 1. The first-order valence-electron chi connectivity index (χ1n) is 5.29. The van der Waals surface area contributed by atoms with E-state index in [9.17, 15) is 9.18 Å². The van der Waals surface area contributed by atoms with Crippen molar-refractivity contribution >= 4 is 5.97 Å². The molecule has 0 fully saturated rings. The van der Waals surface area contributed by atoms with Gasteiger partial charge in [-0.3, -0.25) is 0 Å². The lowest BCUT2D eigenvalue weighted by Gasteiger charge is -2.05. The molecule has 2 rings (SSSR count). The van der Waals surface area contributed by atoms with Gasteiger partial charge in [0.05, 0.1) is 12.7 Å². The summed E-state index contributed by atoms with van der Waals surface area (Å²) >= 11 is 0. The summed E-state index contributed by atoms with van der Waals surface area (Å²) in [5.41, 5.74) is 1.10. The average Bonchev–Trinajstić information content (AvgIpc) is 2.38. The van der Waals surface area contributed by atoms with Gasteiger partial charge in [0.25, 0.3) is 0 Å². The predicted octanol–water partition coefficient (Wildman–Crippen LogP) is 3.20. The van der Waals surface area contributed by atoms with Gasteiger partial charge in [0.15, 0.2) is 0 Å². The summed E-state index contributed by atoms with van der Waals surface area (Å²) < 4.78 is 18.6. The Bertz CT molecular complexity index is 576. The molecule has 0 unspecified atom stereocenters. The number of carboxylic acids is 1. The third kappa shape index (κ3) is 2.32. The quantitative estimate of drug-likeness (QED) is 0.904. The highest BCUT2D eigenvalue weighted by molar-refractivity contribution is 5.88. The molecule has 0 amide bonds. The Hall–Kier alpha value is -2.36.